The maximum atomic E-state index is 12.9. The summed E-state index contributed by atoms with van der Waals surface area (Å²) < 4.78 is 11.5. The summed E-state index contributed by atoms with van der Waals surface area (Å²) in [4.78, 5) is 33.5. The van der Waals surface area contributed by atoms with Gasteiger partial charge in [-0.15, -0.1) is 0 Å². The summed E-state index contributed by atoms with van der Waals surface area (Å²) in [6, 6.07) is 7.13. The minimum Gasteiger partial charge on any atom is -0.469 e. The predicted octanol–water partition coefficient (Wildman–Crippen LogP) is 2.93. The molecule has 148 valence electrons. The zero-order valence-electron chi connectivity index (χ0n) is 16.3. The summed E-state index contributed by atoms with van der Waals surface area (Å²) in [7, 11) is 1.32. The number of nitrogens with zero attached hydrogens (tertiary/aromatic N) is 4. The SMILES string of the molecule is COC(=O)CCn1c(SCc2nc(C(C)(C)C)no2)nc2ccccc2c1=O. The number of ether oxygens (including phenoxy) is 1. The number of benzene rings is 1. The van der Waals surface area contributed by atoms with Crippen LogP contribution < -0.4 is 5.56 Å². The quantitative estimate of drug-likeness (QED) is 0.352. The Kier molecular flexibility index (Phi) is 5.83. The summed E-state index contributed by atoms with van der Waals surface area (Å²) in [5, 5.41) is 5.00. The maximum absolute atomic E-state index is 12.9. The van der Waals surface area contributed by atoms with E-state index in [1.165, 1.54) is 23.4 Å². The Balaban J connectivity index is 1.90. The van der Waals surface area contributed by atoms with E-state index >= 15 is 0 Å². The van der Waals surface area contributed by atoms with Crippen molar-refractivity contribution in [1.82, 2.24) is 19.7 Å². The fraction of sp³-hybridized carbons (Fsp3) is 0.421. The number of hydrogen-bond acceptors (Lipinski definition) is 8. The molecule has 8 nitrogen and oxygen atoms in total. The Labute approximate surface area is 166 Å². The highest BCUT2D eigenvalue weighted by Crippen LogP contribution is 2.24. The third-order valence-electron chi connectivity index (χ3n) is 4.06. The van der Waals surface area contributed by atoms with Crippen LogP contribution in [0, 0.1) is 0 Å². The number of rotatable bonds is 6. The lowest BCUT2D eigenvalue weighted by molar-refractivity contribution is -0.140. The molecule has 0 N–H and O–H groups in total. The van der Waals surface area contributed by atoms with Gasteiger partial charge in [0.25, 0.3) is 5.56 Å². The Morgan fingerprint density at radius 2 is 2.00 bits per heavy atom. The molecule has 2 aromatic heterocycles. The van der Waals surface area contributed by atoms with Crippen LogP contribution in [0.4, 0.5) is 0 Å². The first-order valence-electron chi connectivity index (χ1n) is 8.82. The molecule has 0 aliphatic heterocycles. The Hall–Kier alpha value is -2.68. The molecule has 1 aromatic carbocycles. The number of fused-ring (bicyclic) bond motifs is 1. The zero-order chi connectivity index (χ0) is 20.3. The van der Waals surface area contributed by atoms with E-state index in [0.717, 1.165) is 0 Å². The van der Waals surface area contributed by atoms with Crippen LogP contribution in [0.25, 0.3) is 10.9 Å². The van der Waals surface area contributed by atoms with Crippen LogP contribution in [0.1, 0.15) is 38.9 Å². The normalized spacial score (nSPS) is 11.7. The number of carbonyl (C=O) groups excluding carboxylic acids is 1. The third kappa shape index (κ3) is 4.41. The van der Waals surface area contributed by atoms with Gasteiger partial charge in [0.1, 0.15) is 0 Å². The molecular weight excluding hydrogens is 380 g/mol. The molecule has 9 heteroatoms. The number of thioether (sulfide) groups is 1. The molecule has 0 spiro atoms. The van der Waals surface area contributed by atoms with E-state index in [2.05, 4.69) is 19.9 Å². The molecule has 0 atom stereocenters. The lowest BCUT2D eigenvalue weighted by atomic mass is 9.96. The Morgan fingerprint density at radius 1 is 1.25 bits per heavy atom. The van der Waals surface area contributed by atoms with Crippen molar-refractivity contribution in [3.05, 3.63) is 46.3 Å². The van der Waals surface area contributed by atoms with Gasteiger partial charge in [-0.25, -0.2) is 4.98 Å². The third-order valence-corrected chi connectivity index (χ3v) is 5.02. The first kappa shape index (κ1) is 20.1. The fourth-order valence-corrected chi connectivity index (χ4v) is 3.37. The van der Waals surface area contributed by atoms with Crippen LogP contribution in [0.2, 0.25) is 0 Å². The highest BCUT2D eigenvalue weighted by atomic mass is 32.2. The van der Waals surface area contributed by atoms with Crippen molar-refractivity contribution in [3.63, 3.8) is 0 Å². The molecule has 2 heterocycles. The zero-order valence-corrected chi connectivity index (χ0v) is 17.1. The van der Waals surface area contributed by atoms with Crippen LogP contribution in [0.3, 0.4) is 0 Å². The second kappa shape index (κ2) is 8.14. The van der Waals surface area contributed by atoms with E-state index in [1.54, 1.807) is 18.2 Å². The minimum absolute atomic E-state index is 0.0821. The van der Waals surface area contributed by atoms with Gasteiger partial charge in [0.05, 0.1) is 30.2 Å². The van der Waals surface area contributed by atoms with Crippen molar-refractivity contribution in [3.8, 4) is 0 Å². The van der Waals surface area contributed by atoms with Gasteiger partial charge in [0.15, 0.2) is 11.0 Å². The average Bonchev–Trinajstić information content (AvgIpc) is 3.15. The number of para-hydroxylation sites is 1. The number of carbonyl (C=O) groups is 1. The van der Waals surface area contributed by atoms with Crippen molar-refractivity contribution in [2.75, 3.05) is 7.11 Å². The molecule has 3 rings (SSSR count). The van der Waals surface area contributed by atoms with Crippen LogP contribution in [-0.4, -0.2) is 32.8 Å². The van der Waals surface area contributed by atoms with E-state index in [0.29, 0.717) is 33.5 Å². The second-order valence-electron chi connectivity index (χ2n) is 7.24. The number of esters is 1. The number of aromatic nitrogens is 4. The van der Waals surface area contributed by atoms with E-state index in [-0.39, 0.29) is 29.9 Å². The molecule has 0 aliphatic carbocycles. The van der Waals surface area contributed by atoms with E-state index in [1.807, 2.05) is 26.8 Å². The molecule has 0 radical (unpaired) electrons. The molecule has 28 heavy (non-hydrogen) atoms. The average molecular weight is 402 g/mol. The van der Waals surface area contributed by atoms with Crippen molar-refractivity contribution >= 4 is 28.6 Å². The number of methoxy groups -OCH3 is 1. The van der Waals surface area contributed by atoms with E-state index in [4.69, 9.17) is 4.52 Å². The van der Waals surface area contributed by atoms with Crippen LogP contribution >= 0.6 is 11.8 Å². The molecule has 0 fully saturated rings. The largest absolute Gasteiger partial charge is 0.469 e. The lowest BCUT2D eigenvalue weighted by Crippen LogP contribution is -2.24. The Morgan fingerprint density at radius 3 is 2.68 bits per heavy atom. The molecule has 0 saturated heterocycles. The second-order valence-corrected chi connectivity index (χ2v) is 8.19. The maximum Gasteiger partial charge on any atom is 0.307 e. The van der Waals surface area contributed by atoms with Gasteiger partial charge in [-0.05, 0) is 12.1 Å². The van der Waals surface area contributed by atoms with Crippen LogP contribution in [0.5, 0.6) is 0 Å². The standard InChI is InChI=1S/C19H22N4O4S/c1-19(2,3)17-21-14(27-22-17)11-28-18-20-13-8-6-5-7-12(13)16(25)23(18)10-9-15(24)26-4/h5-8H,9-11H2,1-4H3. The highest BCUT2D eigenvalue weighted by molar-refractivity contribution is 7.98. The lowest BCUT2D eigenvalue weighted by Gasteiger charge is -2.12. The van der Waals surface area contributed by atoms with Crippen molar-refractivity contribution in [2.24, 2.45) is 0 Å². The molecule has 0 unspecified atom stereocenters. The van der Waals surface area contributed by atoms with Crippen LogP contribution in [-0.2, 0) is 27.2 Å². The minimum atomic E-state index is -0.386. The summed E-state index contributed by atoms with van der Waals surface area (Å²) in [6.07, 6.45) is 0.0821. The molecule has 0 aliphatic rings. The fourth-order valence-electron chi connectivity index (χ4n) is 2.50. The Bertz CT molecular complexity index is 1050. The summed E-state index contributed by atoms with van der Waals surface area (Å²) in [5.74, 6) is 1.06. The monoisotopic (exact) mass is 402 g/mol. The van der Waals surface area contributed by atoms with Crippen molar-refractivity contribution < 1.29 is 14.1 Å². The first-order chi connectivity index (χ1) is 13.3. The summed E-state index contributed by atoms with van der Waals surface area (Å²) >= 11 is 1.32. The van der Waals surface area contributed by atoms with Crippen LogP contribution in [0.15, 0.2) is 38.7 Å². The van der Waals surface area contributed by atoms with Crippen molar-refractivity contribution in [1.29, 1.82) is 0 Å². The summed E-state index contributed by atoms with van der Waals surface area (Å²) in [6.45, 7) is 6.20. The molecule has 0 amide bonds. The molecular formula is C19H22N4O4S. The topological polar surface area (TPSA) is 100 Å². The van der Waals surface area contributed by atoms with Gasteiger partial charge in [-0.2, -0.15) is 4.98 Å². The van der Waals surface area contributed by atoms with Gasteiger partial charge in [-0.3, -0.25) is 14.2 Å². The van der Waals surface area contributed by atoms with Gasteiger partial charge in [0, 0.05) is 12.0 Å². The molecule has 3 aromatic rings. The van der Waals surface area contributed by atoms with Gasteiger partial charge in [0.2, 0.25) is 5.89 Å². The predicted molar refractivity (Wildman–Crippen MR) is 105 cm³/mol. The van der Waals surface area contributed by atoms with Gasteiger partial charge in [-0.1, -0.05) is 49.8 Å². The first-order valence-corrected chi connectivity index (χ1v) is 9.80. The number of hydrogen-bond donors (Lipinski definition) is 0. The smallest absolute Gasteiger partial charge is 0.307 e. The van der Waals surface area contributed by atoms with E-state index in [9.17, 15) is 9.59 Å². The molecule has 0 saturated carbocycles. The molecule has 0 bridgehead atoms. The van der Waals surface area contributed by atoms with Crippen molar-refractivity contribution in [2.45, 2.75) is 50.1 Å². The summed E-state index contributed by atoms with van der Waals surface area (Å²) in [5.41, 5.74) is 0.194. The van der Waals surface area contributed by atoms with Gasteiger partial charge < -0.3 is 9.26 Å². The highest BCUT2D eigenvalue weighted by Gasteiger charge is 2.21. The van der Waals surface area contributed by atoms with Gasteiger partial charge >= 0.3 is 5.97 Å². The van der Waals surface area contributed by atoms with E-state index < -0.39 is 0 Å².